The molecule has 0 bridgehead atoms. The number of aliphatic imine (C=N–C) groups is 1. The Morgan fingerprint density at radius 3 is 2.26 bits per heavy atom. The van der Waals surface area contributed by atoms with Crippen molar-refractivity contribution >= 4 is 63.8 Å². The topological polar surface area (TPSA) is 172 Å². The summed E-state index contributed by atoms with van der Waals surface area (Å²) in [6.45, 7) is 2.41. The summed E-state index contributed by atoms with van der Waals surface area (Å²) in [7, 11) is 0. The number of alkyl halides is 3. The predicted octanol–water partition coefficient (Wildman–Crippen LogP) is 5.71. The van der Waals surface area contributed by atoms with E-state index >= 15 is 0 Å². The van der Waals surface area contributed by atoms with Crippen molar-refractivity contribution < 1.29 is 32.3 Å². The number of carbonyl (C=O) groups is 3. The number of amidine groups is 1. The molecule has 1 aromatic heterocycles. The first kappa shape index (κ1) is 38.1. The van der Waals surface area contributed by atoms with Gasteiger partial charge in [-0.2, -0.15) is 28.1 Å². The Bertz CT molecular complexity index is 1860. The monoisotopic (exact) mass is 773 g/mol. The number of hydrogen-bond donors (Lipinski definition) is 5. The van der Waals surface area contributed by atoms with Crippen LogP contribution in [0.5, 0.6) is 6.01 Å². The first-order valence-electron chi connectivity index (χ1n) is 17.1. The van der Waals surface area contributed by atoms with E-state index in [0.29, 0.717) is 26.7 Å². The normalized spacial score (nSPS) is 18.9. The van der Waals surface area contributed by atoms with Crippen molar-refractivity contribution in [1.82, 2.24) is 30.9 Å². The van der Waals surface area contributed by atoms with E-state index in [1.54, 1.807) is 36.4 Å². The van der Waals surface area contributed by atoms with Crippen LogP contribution in [0.2, 0.25) is 5.02 Å². The van der Waals surface area contributed by atoms with E-state index in [1.165, 1.54) is 11.8 Å². The summed E-state index contributed by atoms with van der Waals surface area (Å²) in [6.07, 6.45) is 1.18. The second-order valence-electron chi connectivity index (χ2n) is 14.0. The van der Waals surface area contributed by atoms with Gasteiger partial charge in [0.05, 0.1) is 11.6 Å². The minimum Gasteiger partial charge on any atom is -0.454 e. The fourth-order valence-corrected chi connectivity index (χ4v) is 7.29. The van der Waals surface area contributed by atoms with Crippen LogP contribution in [-0.4, -0.2) is 75.0 Å². The minimum absolute atomic E-state index is 0.0160. The van der Waals surface area contributed by atoms with Crippen molar-refractivity contribution in [1.29, 1.82) is 0 Å². The van der Waals surface area contributed by atoms with Gasteiger partial charge >= 0.3 is 24.0 Å². The highest BCUT2D eigenvalue weighted by atomic mass is 35.5. The number of fused-ring (bicyclic) bond motifs is 1. The first-order chi connectivity index (χ1) is 25.2. The lowest BCUT2D eigenvalue weighted by Crippen LogP contribution is -2.47. The zero-order chi connectivity index (χ0) is 37.8. The maximum atomic E-state index is 13.0. The summed E-state index contributed by atoms with van der Waals surface area (Å²) >= 11 is 7.55. The van der Waals surface area contributed by atoms with Crippen LogP contribution in [0, 0.1) is 5.41 Å². The van der Waals surface area contributed by atoms with Crippen LogP contribution in [-0.2, 0) is 15.1 Å². The van der Waals surface area contributed by atoms with E-state index in [0.717, 1.165) is 44.1 Å². The Labute approximate surface area is 313 Å². The van der Waals surface area contributed by atoms with Gasteiger partial charge in [0.1, 0.15) is 0 Å². The predicted molar refractivity (Wildman–Crippen MR) is 195 cm³/mol. The Hall–Kier alpha value is -4.64. The largest absolute Gasteiger partial charge is 0.454 e. The summed E-state index contributed by atoms with van der Waals surface area (Å²) in [5.41, 5.74) is 0.588. The first-order valence-corrected chi connectivity index (χ1v) is 18.4. The molecule has 18 heteroatoms. The number of nitrogens with one attached hydrogen (secondary N) is 5. The average Bonchev–Trinajstić information content (AvgIpc) is 3.78. The number of aromatic nitrogens is 3. The van der Waals surface area contributed by atoms with Gasteiger partial charge in [-0.3, -0.25) is 24.7 Å². The third-order valence-corrected chi connectivity index (χ3v) is 10.5. The van der Waals surface area contributed by atoms with Crippen LogP contribution in [0.15, 0.2) is 53.5 Å². The van der Waals surface area contributed by atoms with Gasteiger partial charge in [0, 0.05) is 34.6 Å². The molecular formula is C35H39ClF3N9O4S. The third-order valence-electron chi connectivity index (χ3n) is 8.98. The molecule has 3 aromatic rings. The molecular weight excluding hydrogens is 735 g/mol. The standard InChI is InChI=1S/C35H39ClF3N9O4S/c1-33(2,18-41-27(50)28(51)44-32-43-24-5-3-4-6-25(24)53-32)17-40-26(49)20-7-13-23(14-8-20)42-29-45-30(47-31(46-29)52-19-35(37,38)39)48-34(15-16-34)21-9-11-22(36)12-10-21/h7-14,24-25H,3-6,15-19H2,1-2H3,(H,40,49)(H,41,50)(H,43,44,51)(H2,42,45,46,47,48). The van der Waals surface area contributed by atoms with Crippen molar-refractivity contribution in [2.75, 3.05) is 30.3 Å². The van der Waals surface area contributed by atoms with Gasteiger partial charge in [-0.1, -0.05) is 62.2 Å². The van der Waals surface area contributed by atoms with Crippen molar-refractivity contribution in [2.45, 2.75) is 75.4 Å². The lowest BCUT2D eigenvalue weighted by Gasteiger charge is -2.25. The minimum atomic E-state index is -4.60. The number of ether oxygens (including phenoxy) is 1. The molecule has 2 saturated carbocycles. The van der Waals surface area contributed by atoms with Crippen LogP contribution >= 0.6 is 23.4 Å². The molecule has 2 heterocycles. The number of halogens is 4. The molecule has 1 aliphatic heterocycles. The number of benzene rings is 2. The van der Waals surface area contributed by atoms with Crippen molar-refractivity contribution in [3.63, 3.8) is 0 Å². The summed E-state index contributed by atoms with van der Waals surface area (Å²) in [5, 5.41) is 15.7. The smallest absolute Gasteiger partial charge is 0.422 e. The number of amides is 3. The molecule has 2 atom stereocenters. The molecule has 2 aliphatic carbocycles. The lowest BCUT2D eigenvalue weighted by atomic mass is 9.93. The Balaban J connectivity index is 1.02. The number of thioether (sulfide) groups is 1. The van der Waals surface area contributed by atoms with Gasteiger partial charge in [0.15, 0.2) is 11.8 Å². The third kappa shape index (κ3) is 10.5. The number of hydrogen-bond acceptors (Lipinski definition) is 11. The number of anilines is 3. The number of nitrogens with zero attached hydrogens (tertiary/aromatic N) is 4. The quantitative estimate of drug-likeness (QED) is 0.144. The summed E-state index contributed by atoms with van der Waals surface area (Å²) < 4.78 is 43.7. The highest BCUT2D eigenvalue weighted by Crippen LogP contribution is 2.48. The molecule has 0 spiro atoms. The molecule has 3 aliphatic rings. The molecule has 2 aromatic carbocycles. The van der Waals surface area contributed by atoms with E-state index in [4.69, 9.17) is 16.3 Å². The molecule has 13 nitrogen and oxygen atoms in total. The highest BCUT2D eigenvalue weighted by molar-refractivity contribution is 8.14. The van der Waals surface area contributed by atoms with E-state index in [-0.39, 0.29) is 36.9 Å². The van der Waals surface area contributed by atoms with Crippen molar-refractivity contribution in [3.05, 3.63) is 64.7 Å². The molecule has 6 rings (SSSR count). The Morgan fingerprint density at radius 1 is 0.906 bits per heavy atom. The van der Waals surface area contributed by atoms with Gasteiger partial charge in [-0.05, 0) is 73.1 Å². The van der Waals surface area contributed by atoms with Gasteiger partial charge in [0.25, 0.3) is 5.91 Å². The second kappa shape index (κ2) is 15.8. The van der Waals surface area contributed by atoms with Crippen molar-refractivity contribution in [3.8, 4) is 6.01 Å². The van der Waals surface area contributed by atoms with Gasteiger partial charge in [0.2, 0.25) is 11.9 Å². The second-order valence-corrected chi connectivity index (χ2v) is 15.7. The van der Waals surface area contributed by atoms with E-state index in [9.17, 15) is 27.6 Å². The van der Waals surface area contributed by atoms with E-state index in [2.05, 4.69) is 46.5 Å². The zero-order valence-corrected chi connectivity index (χ0v) is 30.6. The summed E-state index contributed by atoms with van der Waals surface area (Å²) in [6, 6.07) is 13.2. The fraction of sp³-hybridized carbons (Fsp3) is 0.457. The van der Waals surface area contributed by atoms with Gasteiger partial charge < -0.3 is 26.0 Å². The average molecular weight is 774 g/mol. The Kier molecular flexibility index (Phi) is 11.3. The fourth-order valence-electron chi connectivity index (χ4n) is 5.89. The van der Waals surface area contributed by atoms with Crippen LogP contribution in [0.1, 0.15) is 68.3 Å². The summed E-state index contributed by atoms with van der Waals surface area (Å²) in [5.74, 6) is -1.99. The Morgan fingerprint density at radius 2 is 1.58 bits per heavy atom. The van der Waals surface area contributed by atoms with Crippen LogP contribution in [0.25, 0.3) is 0 Å². The maximum absolute atomic E-state index is 13.0. The SMILES string of the molecule is CC(C)(CNC(=O)C(=O)NC1=NC2CCCCC2S1)CNC(=O)c1ccc(Nc2nc(NC3(c4ccc(Cl)cc4)CC3)nc(OCC(F)(F)F)n2)cc1. The zero-order valence-electron chi connectivity index (χ0n) is 29.0. The van der Waals surface area contributed by atoms with Gasteiger partial charge in [-0.15, -0.1) is 0 Å². The van der Waals surface area contributed by atoms with Crippen LogP contribution in [0.4, 0.5) is 30.8 Å². The molecule has 282 valence electrons. The lowest BCUT2D eigenvalue weighted by molar-refractivity contribution is -0.154. The molecule has 2 unspecified atom stereocenters. The van der Waals surface area contributed by atoms with E-state index < -0.39 is 41.6 Å². The number of rotatable bonds is 12. The molecule has 53 heavy (non-hydrogen) atoms. The van der Waals surface area contributed by atoms with Crippen molar-refractivity contribution in [2.24, 2.45) is 10.4 Å². The van der Waals surface area contributed by atoms with Crippen LogP contribution in [0.3, 0.4) is 0 Å². The molecule has 5 N–H and O–H groups in total. The maximum Gasteiger partial charge on any atom is 0.422 e. The molecule has 0 saturated heterocycles. The highest BCUT2D eigenvalue weighted by Gasteiger charge is 2.45. The van der Waals surface area contributed by atoms with Crippen LogP contribution < -0.4 is 31.3 Å². The molecule has 0 radical (unpaired) electrons. The number of carbonyl (C=O) groups excluding carboxylic acids is 3. The molecule has 3 amide bonds. The molecule has 2 fully saturated rings. The van der Waals surface area contributed by atoms with E-state index in [1.807, 2.05) is 26.0 Å². The summed E-state index contributed by atoms with van der Waals surface area (Å²) in [4.78, 5) is 54.9. The van der Waals surface area contributed by atoms with Gasteiger partial charge in [-0.25, -0.2) is 0 Å².